The van der Waals surface area contributed by atoms with Crippen molar-refractivity contribution in [2.24, 2.45) is 0 Å². The van der Waals surface area contributed by atoms with Gasteiger partial charge in [-0.1, -0.05) is 24.3 Å². The number of carbonyl (C=O) groups excluding carboxylic acids is 1. The lowest BCUT2D eigenvalue weighted by molar-refractivity contribution is -0.115. The van der Waals surface area contributed by atoms with Gasteiger partial charge in [0, 0.05) is 18.3 Å². The Balaban J connectivity index is 2.03. The van der Waals surface area contributed by atoms with Crippen molar-refractivity contribution in [2.45, 2.75) is 6.92 Å². The minimum atomic E-state index is -0.292. The van der Waals surface area contributed by atoms with Crippen LogP contribution in [0.5, 0.6) is 11.5 Å². The van der Waals surface area contributed by atoms with Crippen molar-refractivity contribution in [3.05, 3.63) is 60.2 Å². The van der Waals surface area contributed by atoms with Crippen LogP contribution in [0.15, 0.2) is 54.6 Å². The van der Waals surface area contributed by atoms with E-state index in [0.29, 0.717) is 23.2 Å². The van der Waals surface area contributed by atoms with Gasteiger partial charge in [0.05, 0.1) is 14.2 Å². The number of benzene rings is 2. The molecule has 136 valence electrons. The first kappa shape index (κ1) is 19.5. The van der Waals surface area contributed by atoms with Crippen molar-refractivity contribution in [3.8, 4) is 11.5 Å². The van der Waals surface area contributed by atoms with Gasteiger partial charge in [0.2, 0.25) is 5.91 Å². The van der Waals surface area contributed by atoms with Crippen LogP contribution in [0.4, 0.5) is 5.69 Å². The maximum Gasteiger partial charge on any atom is 0.250 e. The van der Waals surface area contributed by atoms with Crippen LogP contribution >= 0.6 is 12.2 Å². The van der Waals surface area contributed by atoms with Crippen LogP contribution in [0.3, 0.4) is 0 Å². The number of para-hydroxylation sites is 1. The quantitative estimate of drug-likeness (QED) is 0.621. The molecule has 26 heavy (non-hydrogen) atoms. The molecular weight excluding hydrogens is 348 g/mol. The van der Waals surface area contributed by atoms with E-state index < -0.39 is 0 Å². The van der Waals surface area contributed by atoms with Crippen molar-refractivity contribution < 1.29 is 14.3 Å². The van der Waals surface area contributed by atoms with E-state index in [2.05, 4.69) is 5.32 Å². The van der Waals surface area contributed by atoms with Gasteiger partial charge in [0.25, 0.3) is 0 Å². The first-order chi connectivity index (χ1) is 12.6. The number of methoxy groups -OCH3 is 2. The zero-order valence-electron chi connectivity index (χ0n) is 15.1. The lowest BCUT2D eigenvalue weighted by atomic mass is 10.2. The van der Waals surface area contributed by atoms with E-state index in [4.69, 9.17) is 21.7 Å². The Morgan fingerprint density at radius 3 is 2.42 bits per heavy atom. The summed E-state index contributed by atoms with van der Waals surface area (Å²) >= 11 is 5.36. The highest BCUT2D eigenvalue weighted by Crippen LogP contribution is 2.27. The summed E-state index contributed by atoms with van der Waals surface area (Å²) in [5.41, 5.74) is 1.75. The molecule has 1 N–H and O–H groups in total. The Kier molecular flexibility index (Phi) is 7.17. The average Bonchev–Trinajstić information content (AvgIpc) is 2.67. The van der Waals surface area contributed by atoms with Crippen molar-refractivity contribution in [3.63, 3.8) is 0 Å². The largest absolute Gasteiger partial charge is 0.493 e. The van der Waals surface area contributed by atoms with Crippen molar-refractivity contribution in [1.29, 1.82) is 0 Å². The fourth-order valence-corrected chi connectivity index (χ4v) is 2.73. The third kappa shape index (κ3) is 5.07. The van der Waals surface area contributed by atoms with E-state index >= 15 is 0 Å². The van der Waals surface area contributed by atoms with Crippen LogP contribution < -0.4 is 19.7 Å². The number of hydrogen-bond donors (Lipinski definition) is 1. The minimum absolute atomic E-state index is 0.292. The maximum atomic E-state index is 12.2. The number of rotatable bonds is 6. The SMILES string of the molecule is CCN(C(=S)NC(=O)C=Cc1ccc(OC)c(OC)c1)c1ccccc1. The van der Waals surface area contributed by atoms with E-state index in [1.807, 2.05) is 48.2 Å². The van der Waals surface area contributed by atoms with Gasteiger partial charge in [-0.2, -0.15) is 0 Å². The van der Waals surface area contributed by atoms with Crippen molar-refractivity contribution in [2.75, 3.05) is 25.7 Å². The summed E-state index contributed by atoms with van der Waals surface area (Å²) in [6.07, 6.45) is 3.13. The Bertz CT molecular complexity index is 791. The van der Waals surface area contributed by atoms with Gasteiger partial charge in [-0.3, -0.25) is 10.1 Å². The molecule has 0 unspecified atom stereocenters. The molecule has 5 nitrogen and oxygen atoms in total. The number of anilines is 1. The molecule has 2 rings (SSSR count). The minimum Gasteiger partial charge on any atom is -0.493 e. The van der Waals surface area contributed by atoms with E-state index in [1.54, 1.807) is 32.4 Å². The molecular formula is C20H22N2O3S. The number of nitrogens with one attached hydrogen (secondary N) is 1. The fraction of sp³-hybridized carbons (Fsp3) is 0.200. The molecule has 2 aromatic carbocycles. The predicted octanol–water partition coefficient (Wildman–Crippen LogP) is 3.64. The van der Waals surface area contributed by atoms with Crippen molar-refractivity contribution >= 4 is 35.0 Å². The van der Waals surface area contributed by atoms with E-state index in [-0.39, 0.29) is 5.91 Å². The average molecular weight is 370 g/mol. The van der Waals surface area contributed by atoms with Crippen molar-refractivity contribution in [1.82, 2.24) is 5.32 Å². The molecule has 0 fully saturated rings. The van der Waals surface area contributed by atoms with E-state index in [0.717, 1.165) is 11.3 Å². The molecule has 0 saturated carbocycles. The molecule has 0 bridgehead atoms. The van der Waals surface area contributed by atoms with Crippen LogP contribution in [-0.2, 0) is 4.79 Å². The highest BCUT2D eigenvalue weighted by molar-refractivity contribution is 7.80. The van der Waals surface area contributed by atoms with Gasteiger partial charge in [0.15, 0.2) is 16.6 Å². The lowest BCUT2D eigenvalue weighted by Gasteiger charge is -2.23. The molecule has 0 aliphatic carbocycles. The monoisotopic (exact) mass is 370 g/mol. The molecule has 2 aromatic rings. The summed E-state index contributed by atoms with van der Waals surface area (Å²) in [7, 11) is 3.15. The molecule has 0 radical (unpaired) electrons. The molecule has 1 amide bonds. The highest BCUT2D eigenvalue weighted by atomic mass is 32.1. The Morgan fingerprint density at radius 1 is 1.12 bits per heavy atom. The number of nitrogens with zero attached hydrogens (tertiary/aromatic N) is 1. The number of hydrogen-bond acceptors (Lipinski definition) is 4. The van der Waals surface area contributed by atoms with Gasteiger partial charge in [-0.05, 0) is 55.0 Å². The molecule has 0 aliphatic rings. The molecule has 0 saturated heterocycles. The van der Waals surface area contributed by atoms with Crippen LogP contribution in [0.25, 0.3) is 6.08 Å². The maximum absolute atomic E-state index is 12.2. The summed E-state index contributed by atoms with van der Waals surface area (Å²) < 4.78 is 10.5. The van der Waals surface area contributed by atoms with E-state index in [1.165, 1.54) is 6.08 Å². The zero-order chi connectivity index (χ0) is 18.9. The van der Waals surface area contributed by atoms with Gasteiger partial charge in [-0.15, -0.1) is 0 Å². The second kappa shape index (κ2) is 9.58. The van der Waals surface area contributed by atoms with Crippen LogP contribution in [0.2, 0.25) is 0 Å². The first-order valence-electron chi connectivity index (χ1n) is 8.16. The molecule has 6 heteroatoms. The second-order valence-corrected chi connectivity index (χ2v) is 5.71. The summed E-state index contributed by atoms with van der Waals surface area (Å²) in [6, 6.07) is 15.1. The summed E-state index contributed by atoms with van der Waals surface area (Å²) in [5.74, 6) is 0.947. The normalized spacial score (nSPS) is 10.4. The second-order valence-electron chi connectivity index (χ2n) is 5.32. The van der Waals surface area contributed by atoms with Crippen LogP contribution in [0, 0.1) is 0 Å². The number of ether oxygens (including phenoxy) is 2. The summed E-state index contributed by atoms with van der Waals surface area (Å²) in [5, 5.41) is 3.09. The number of thiocarbonyl (C=S) groups is 1. The lowest BCUT2D eigenvalue weighted by Crippen LogP contribution is -2.42. The standard InChI is InChI=1S/C20H22N2O3S/c1-4-22(16-8-6-5-7-9-16)20(26)21-19(23)13-11-15-10-12-17(24-2)18(14-15)25-3/h5-14H,4H2,1-3H3,(H,21,23,26). The van der Waals surface area contributed by atoms with Crippen LogP contribution in [0.1, 0.15) is 12.5 Å². The summed E-state index contributed by atoms with van der Waals surface area (Å²) in [4.78, 5) is 14.0. The predicted molar refractivity (Wildman–Crippen MR) is 109 cm³/mol. The number of carbonyl (C=O) groups is 1. The summed E-state index contributed by atoms with van der Waals surface area (Å²) in [6.45, 7) is 2.63. The molecule has 0 spiro atoms. The molecule has 0 aliphatic heterocycles. The number of amides is 1. The Hall–Kier alpha value is -2.86. The highest BCUT2D eigenvalue weighted by Gasteiger charge is 2.11. The third-order valence-corrected chi connectivity index (χ3v) is 4.02. The fourth-order valence-electron chi connectivity index (χ4n) is 2.39. The first-order valence-corrected chi connectivity index (χ1v) is 8.57. The van der Waals surface area contributed by atoms with Gasteiger partial charge in [-0.25, -0.2) is 0 Å². The Morgan fingerprint density at radius 2 is 1.81 bits per heavy atom. The smallest absolute Gasteiger partial charge is 0.250 e. The zero-order valence-corrected chi connectivity index (χ0v) is 15.9. The van der Waals surface area contributed by atoms with E-state index in [9.17, 15) is 4.79 Å². The Labute approximate surface area is 159 Å². The van der Waals surface area contributed by atoms with Gasteiger partial charge < -0.3 is 14.4 Å². The topological polar surface area (TPSA) is 50.8 Å². The molecule has 0 atom stereocenters. The van der Waals surface area contributed by atoms with Crippen LogP contribution in [-0.4, -0.2) is 31.8 Å². The van der Waals surface area contributed by atoms with Gasteiger partial charge >= 0.3 is 0 Å². The third-order valence-electron chi connectivity index (χ3n) is 3.69. The molecule has 0 heterocycles. The molecule has 0 aromatic heterocycles. The van der Waals surface area contributed by atoms with Gasteiger partial charge in [0.1, 0.15) is 0 Å².